The Balaban J connectivity index is 1.21. The predicted octanol–water partition coefficient (Wildman–Crippen LogP) is 5.68. The number of amides is 1. The molecule has 1 amide bonds. The molecule has 0 bridgehead atoms. The minimum absolute atomic E-state index is 0.0556. The molecule has 7 rings (SSSR count). The van der Waals surface area contributed by atoms with Crippen LogP contribution in [0.15, 0.2) is 86.7 Å². The maximum atomic E-state index is 12.8. The molecule has 4 aromatic rings. The summed E-state index contributed by atoms with van der Waals surface area (Å²) in [5.41, 5.74) is 4.59. The van der Waals surface area contributed by atoms with Gasteiger partial charge < -0.3 is 19.7 Å². The first kappa shape index (κ1) is 39.1. The van der Waals surface area contributed by atoms with Crippen LogP contribution in [0.4, 0.5) is 21.9 Å². The lowest BCUT2D eigenvalue weighted by molar-refractivity contribution is 0.0527. The predicted molar refractivity (Wildman–Crippen MR) is 210 cm³/mol. The van der Waals surface area contributed by atoms with Crippen molar-refractivity contribution in [1.29, 1.82) is 0 Å². The molecule has 0 radical (unpaired) electrons. The number of fused-ring (bicyclic) bond motifs is 3. The van der Waals surface area contributed by atoms with Crippen molar-refractivity contribution in [2.75, 3.05) is 38.1 Å². The maximum Gasteiger partial charge on any atom is 0.407 e. The third-order valence-electron chi connectivity index (χ3n) is 9.90. The Morgan fingerprint density at radius 2 is 1.57 bits per heavy atom. The van der Waals surface area contributed by atoms with Crippen LogP contribution >= 0.6 is 0 Å². The van der Waals surface area contributed by atoms with Gasteiger partial charge in [-0.05, 0) is 94.6 Å². The zero-order chi connectivity index (χ0) is 40.0. The second kappa shape index (κ2) is 15.1. The molecular formula is C40H44N5O9S2+. The molecule has 0 saturated heterocycles. The number of anilines is 1. The number of hydrogen-bond donors (Lipinski definition) is 3. The van der Waals surface area contributed by atoms with E-state index in [9.17, 15) is 30.7 Å². The average molecular weight is 803 g/mol. The molecule has 56 heavy (non-hydrogen) atoms. The van der Waals surface area contributed by atoms with Crippen LogP contribution in [-0.2, 0) is 37.8 Å². The minimum Gasteiger partial charge on any atom is -0.455 e. The highest BCUT2D eigenvalue weighted by molar-refractivity contribution is 7.86. The van der Waals surface area contributed by atoms with Crippen LogP contribution in [0.1, 0.15) is 62.3 Å². The first-order valence-electron chi connectivity index (χ1n) is 18.4. The monoisotopic (exact) mass is 802 g/mol. The fourth-order valence-electron chi connectivity index (χ4n) is 7.46. The molecule has 0 saturated carbocycles. The van der Waals surface area contributed by atoms with Crippen LogP contribution in [0.3, 0.4) is 0 Å². The lowest BCUT2D eigenvalue weighted by atomic mass is 9.87. The highest BCUT2D eigenvalue weighted by atomic mass is 32.2. The topological polar surface area (TPSA) is 187 Å². The fourth-order valence-corrected chi connectivity index (χ4v) is 8.77. The molecule has 0 unspecified atom stereocenters. The van der Waals surface area contributed by atoms with Crippen molar-refractivity contribution < 1.29 is 40.2 Å². The molecule has 0 aliphatic carbocycles. The van der Waals surface area contributed by atoms with E-state index >= 15 is 0 Å². The van der Waals surface area contributed by atoms with E-state index in [0.29, 0.717) is 52.3 Å². The number of azo groups is 1. The molecule has 3 aliphatic rings. The normalized spacial score (nSPS) is 15.1. The van der Waals surface area contributed by atoms with Gasteiger partial charge in [0.2, 0.25) is 5.36 Å². The number of nitrogens with zero attached hydrogens (tertiary/aromatic N) is 4. The SMILES string of the molecule is CN(CCCNC(=O)OC(C)(C)C)c1ccc(N=Nc2ccc3c(c2)Oc2c4c5c(cc2=C3c2ccc(S(=O)(=O)O)cc2S(=O)(=O)O)CCC[N+]=5CCC4)cc1. The van der Waals surface area contributed by atoms with Gasteiger partial charge in [0.05, 0.1) is 21.8 Å². The van der Waals surface area contributed by atoms with Crippen molar-refractivity contribution in [3.63, 3.8) is 0 Å². The van der Waals surface area contributed by atoms with Gasteiger partial charge in [-0.3, -0.25) is 9.11 Å². The molecule has 0 atom stereocenters. The zero-order valence-electron chi connectivity index (χ0n) is 31.6. The number of hydrogen-bond acceptors (Lipinski definition) is 10. The Kier molecular flexibility index (Phi) is 10.5. The highest BCUT2D eigenvalue weighted by Gasteiger charge is 2.33. The first-order chi connectivity index (χ1) is 26.5. The quantitative estimate of drug-likeness (QED) is 0.0686. The van der Waals surface area contributed by atoms with Crippen LogP contribution in [-0.4, -0.2) is 70.9 Å². The van der Waals surface area contributed by atoms with Gasteiger partial charge in [0, 0.05) is 72.2 Å². The molecule has 3 N–H and O–H groups in total. The number of nitrogens with one attached hydrogen (secondary N) is 1. The molecular weight excluding hydrogens is 759 g/mol. The summed E-state index contributed by atoms with van der Waals surface area (Å²) in [6.07, 6.45) is 3.70. The summed E-state index contributed by atoms with van der Waals surface area (Å²) in [5.74, 6) is 0.943. The smallest absolute Gasteiger partial charge is 0.407 e. The molecule has 0 spiro atoms. The summed E-state index contributed by atoms with van der Waals surface area (Å²) >= 11 is 0. The molecule has 3 heterocycles. The van der Waals surface area contributed by atoms with E-state index in [1.165, 1.54) is 6.07 Å². The summed E-state index contributed by atoms with van der Waals surface area (Å²) < 4.78 is 84.2. The maximum absolute atomic E-state index is 12.8. The molecule has 4 aromatic carbocycles. The average Bonchev–Trinajstić information content (AvgIpc) is 3.13. The summed E-state index contributed by atoms with van der Waals surface area (Å²) in [4.78, 5) is 12.6. The summed E-state index contributed by atoms with van der Waals surface area (Å²) in [5, 5.41) is 13.4. The van der Waals surface area contributed by atoms with Gasteiger partial charge in [0.15, 0.2) is 0 Å². The second-order valence-corrected chi connectivity index (χ2v) is 17.9. The Morgan fingerprint density at radius 3 is 2.27 bits per heavy atom. The van der Waals surface area contributed by atoms with Gasteiger partial charge in [-0.1, -0.05) is 6.07 Å². The number of alkyl carbamates (subject to hydrolysis) is 1. The molecule has 3 aliphatic heterocycles. The first-order valence-corrected chi connectivity index (χ1v) is 21.3. The van der Waals surface area contributed by atoms with E-state index < -0.39 is 41.7 Å². The molecule has 14 nitrogen and oxygen atoms in total. The number of aryl methyl sites for hydroxylation is 1. The molecule has 0 aromatic heterocycles. The van der Waals surface area contributed by atoms with Crippen LogP contribution in [0.25, 0.3) is 5.57 Å². The third-order valence-corrected chi connectivity index (χ3v) is 11.6. The summed E-state index contributed by atoms with van der Waals surface area (Å²) in [6.45, 7) is 8.48. The zero-order valence-corrected chi connectivity index (χ0v) is 33.2. The Morgan fingerprint density at radius 1 is 0.893 bits per heavy atom. The number of ether oxygens (including phenoxy) is 2. The third kappa shape index (κ3) is 8.33. The Hall–Kier alpha value is -5.16. The number of carbonyl (C=O) groups excluding carboxylic acids is 1. The van der Waals surface area contributed by atoms with Gasteiger partial charge in [0.25, 0.3) is 20.2 Å². The Labute approximate surface area is 325 Å². The standard InChI is InChI=1S/C40H43N5O9S2/c1-40(2,3)54-39(46)41-18-7-19-44(4)28-13-10-26(11-14-28)42-43-27-12-16-30-34(23-27)53-38-32-9-6-21-45-20-5-8-25(37(32)45)22-33(38)36(30)31-17-15-29(55(47,48)49)24-35(31)56(50,51)52/h10-17,22-24H,5-9,18-21H2,1-4H3,(H2-,41,46,47,48,49,50,51,52)/p+1. The lowest BCUT2D eigenvalue weighted by Gasteiger charge is -2.27. The van der Waals surface area contributed by atoms with E-state index in [1.807, 2.05) is 58.2 Å². The van der Waals surface area contributed by atoms with Gasteiger partial charge in [0.1, 0.15) is 35.1 Å². The van der Waals surface area contributed by atoms with E-state index in [0.717, 1.165) is 79.5 Å². The van der Waals surface area contributed by atoms with Crippen LogP contribution < -0.4 is 30.1 Å². The van der Waals surface area contributed by atoms with Crippen molar-refractivity contribution in [3.8, 4) is 11.5 Å². The molecule has 16 heteroatoms. The van der Waals surface area contributed by atoms with Gasteiger partial charge in [-0.15, -0.1) is 0 Å². The van der Waals surface area contributed by atoms with Crippen molar-refractivity contribution in [3.05, 3.63) is 99.6 Å². The highest BCUT2D eigenvalue weighted by Crippen LogP contribution is 2.42. The van der Waals surface area contributed by atoms with Crippen molar-refractivity contribution in [2.24, 2.45) is 10.2 Å². The van der Waals surface area contributed by atoms with Crippen molar-refractivity contribution in [2.45, 2.75) is 68.3 Å². The Bertz CT molecular complexity index is 2620. The van der Waals surface area contributed by atoms with E-state index in [-0.39, 0.29) is 5.56 Å². The van der Waals surface area contributed by atoms with Gasteiger partial charge >= 0.3 is 6.09 Å². The minimum atomic E-state index is -4.97. The molecule has 294 valence electrons. The second-order valence-electron chi connectivity index (χ2n) is 15.1. The van der Waals surface area contributed by atoms with Crippen LogP contribution in [0.5, 0.6) is 11.5 Å². The van der Waals surface area contributed by atoms with Crippen LogP contribution in [0, 0.1) is 0 Å². The number of benzene rings is 4. The largest absolute Gasteiger partial charge is 0.455 e. The van der Waals surface area contributed by atoms with E-state index in [1.54, 1.807) is 18.2 Å². The number of carbonyl (C=O) groups is 1. The van der Waals surface area contributed by atoms with E-state index in [2.05, 4.69) is 25.0 Å². The van der Waals surface area contributed by atoms with Gasteiger partial charge in [-0.25, -0.2) is 9.37 Å². The van der Waals surface area contributed by atoms with Crippen molar-refractivity contribution >= 4 is 49.0 Å². The number of rotatable bonds is 10. The van der Waals surface area contributed by atoms with Gasteiger partial charge in [-0.2, -0.15) is 27.1 Å². The lowest BCUT2D eigenvalue weighted by Crippen LogP contribution is -2.45. The summed E-state index contributed by atoms with van der Waals surface area (Å²) in [6, 6.07) is 17.9. The van der Waals surface area contributed by atoms with E-state index in [4.69, 9.17) is 9.47 Å². The summed E-state index contributed by atoms with van der Waals surface area (Å²) in [7, 11) is -7.80. The molecule has 0 fully saturated rings. The fraction of sp³-hybridized carbons (Fsp3) is 0.350. The van der Waals surface area contributed by atoms with Crippen molar-refractivity contribution in [1.82, 2.24) is 9.89 Å². The van der Waals surface area contributed by atoms with Crippen LogP contribution in [0.2, 0.25) is 0 Å².